The van der Waals surface area contributed by atoms with E-state index in [-0.39, 0.29) is 5.91 Å². The van der Waals surface area contributed by atoms with Gasteiger partial charge >= 0.3 is 0 Å². The first-order chi connectivity index (χ1) is 10.9. The molecule has 1 aliphatic heterocycles. The van der Waals surface area contributed by atoms with Gasteiger partial charge in [-0.3, -0.25) is 4.79 Å². The molecule has 0 bridgehead atoms. The van der Waals surface area contributed by atoms with Gasteiger partial charge in [-0.1, -0.05) is 44.2 Å². The van der Waals surface area contributed by atoms with Crippen LogP contribution in [0.15, 0.2) is 30.3 Å². The summed E-state index contributed by atoms with van der Waals surface area (Å²) >= 11 is 0. The van der Waals surface area contributed by atoms with Crippen LogP contribution in [0, 0.1) is 5.41 Å². The second-order valence-electron chi connectivity index (χ2n) is 8.16. The number of hydrogen-bond donors (Lipinski definition) is 0. The summed E-state index contributed by atoms with van der Waals surface area (Å²) in [5, 5.41) is 0. The number of likely N-dealkylation sites (N-methyl/N-ethyl adjacent to an activating group) is 1. The average molecular weight is 314 g/mol. The molecule has 1 saturated carbocycles. The van der Waals surface area contributed by atoms with Gasteiger partial charge in [0.1, 0.15) is 0 Å². The monoisotopic (exact) mass is 314 g/mol. The first-order valence-electron chi connectivity index (χ1n) is 8.87. The van der Waals surface area contributed by atoms with E-state index in [1.54, 1.807) is 6.92 Å². The quantitative estimate of drug-likeness (QED) is 0.851. The van der Waals surface area contributed by atoms with Crippen molar-refractivity contribution in [3.8, 4) is 0 Å². The molecule has 3 rings (SSSR count). The van der Waals surface area contributed by atoms with Crippen molar-refractivity contribution in [2.45, 2.75) is 51.5 Å². The highest BCUT2D eigenvalue weighted by atomic mass is 16.2. The zero-order valence-corrected chi connectivity index (χ0v) is 15.0. The molecule has 0 aromatic heterocycles. The molecule has 1 aromatic rings. The molecule has 1 unspecified atom stereocenters. The Bertz CT molecular complexity index is 560. The van der Waals surface area contributed by atoms with Gasteiger partial charge in [0, 0.05) is 38.0 Å². The Kier molecular flexibility index (Phi) is 4.26. The van der Waals surface area contributed by atoms with Crippen molar-refractivity contribution in [3.05, 3.63) is 35.9 Å². The normalized spacial score (nSPS) is 27.3. The number of carbonyl (C=O) groups is 1. The average Bonchev–Trinajstić information content (AvgIpc) is 3.10. The fraction of sp³-hybridized carbons (Fsp3) is 0.650. The molecule has 1 aromatic carbocycles. The van der Waals surface area contributed by atoms with E-state index in [0.29, 0.717) is 16.9 Å². The largest absolute Gasteiger partial charge is 0.343 e. The predicted octanol–water partition coefficient (Wildman–Crippen LogP) is 3.30. The third kappa shape index (κ3) is 3.03. The Morgan fingerprint density at radius 2 is 1.78 bits per heavy atom. The number of nitrogens with zero attached hydrogens (tertiary/aromatic N) is 2. The Balaban J connectivity index is 1.67. The third-order valence-electron chi connectivity index (χ3n) is 6.29. The summed E-state index contributed by atoms with van der Waals surface area (Å²) in [6, 6.07) is 11.6. The summed E-state index contributed by atoms with van der Waals surface area (Å²) in [7, 11) is 2.27. The molecule has 0 N–H and O–H groups in total. The molecular weight excluding hydrogens is 284 g/mol. The van der Waals surface area contributed by atoms with Crippen LogP contribution in [0.4, 0.5) is 0 Å². The summed E-state index contributed by atoms with van der Waals surface area (Å²) in [6.07, 6.45) is 3.46. The lowest BCUT2D eigenvalue weighted by Gasteiger charge is -2.38. The van der Waals surface area contributed by atoms with Gasteiger partial charge in [0.25, 0.3) is 0 Å². The first-order valence-corrected chi connectivity index (χ1v) is 8.87. The van der Waals surface area contributed by atoms with Crippen LogP contribution in [0.5, 0.6) is 0 Å². The number of piperidine rings is 1. The molecule has 3 heteroatoms. The van der Waals surface area contributed by atoms with Gasteiger partial charge in [0.15, 0.2) is 0 Å². The van der Waals surface area contributed by atoms with E-state index >= 15 is 0 Å². The molecular formula is C20H30N2O. The van der Waals surface area contributed by atoms with E-state index < -0.39 is 0 Å². The molecule has 126 valence electrons. The number of amides is 1. The minimum absolute atomic E-state index is 0.218. The van der Waals surface area contributed by atoms with Crippen LogP contribution >= 0.6 is 0 Å². The lowest BCUT2D eigenvalue weighted by atomic mass is 9.86. The van der Waals surface area contributed by atoms with Crippen molar-refractivity contribution in [2.75, 3.05) is 26.7 Å². The summed E-state index contributed by atoms with van der Waals surface area (Å²) in [5.74, 6) is 0.218. The molecule has 0 spiro atoms. The van der Waals surface area contributed by atoms with Crippen LogP contribution in [-0.4, -0.2) is 48.4 Å². The van der Waals surface area contributed by atoms with Crippen molar-refractivity contribution >= 4 is 5.91 Å². The van der Waals surface area contributed by atoms with Crippen LogP contribution in [0.25, 0.3) is 0 Å². The van der Waals surface area contributed by atoms with Gasteiger partial charge in [-0.25, -0.2) is 0 Å². The smallest absolute Gasteiger partial charge is 0.219 e. The zero-order valence-electron chi connectivity index (χ0n) is 15.0. The molecule has 23 heavy (non-hydrogen) atoms. The summed E-state index contributed by atoms with van der Waals surface area (Å²) < 4.78 is 0. The van der Waals surface area contributed by atoms with E-state index in [1.165, 1.54) is 12.0 Å². The zero-order chi connectivity index (χ0) is 16.7. The molecule has 2 aliphatic rings. The van der Waals surface area contributed by atoms with Crippen LogP contribution in [0.1, 0.15) is 45.6 Å². The minimum atomic E-state index is 0.218. The van der Waals surface area contributed by atoms with Crippen LogP contribution in [-0.2, 0) is 10.2 Å². The highest BCUT2D eigenvalue weighted by molar-refractivity contribution is 5.73. The molecule has 1 heterocycles. The SMILES string of the molecule is CC(=O)N1CCC(N(C)CC2(c3ccccc3)CC2(C)C)CC1. The standard InChI is InChI=1S/C20H30N2O/c1-16(23)22-12-10-18(11-13-22)21(4)15-20(14-19(20,2)3)17-8-6-5-7-9-17/h5-9,18H,10-15H2,1-4H3. The lowest BCUT2D eigenvalue weighted by Crippen LogP contribution is -2.47. The summed E-state index contributed by atoms with van der Waals surface area (Å²) in [4.78, 5) is 16.0. The molecule has 2 fully saturated rings. The van der Waals surface area contributed by atoms with E-state index in [1.807, 2.05) is 4.90 Å². The number of benzene rings is 1. The van der Waals surface area contributed by atoms with Crippen molar-refractivity contribution < 1.29 is 4.79 Å². The molecule has 1 amide bonds. The second kappa shape index (κ2) is 5.94. The lowest BCUT2D eigenvalue weighted by molar-refractivity contribution is -0.130. The first kappa shape index (κ1) is 16.5. The van der Waals surface area contributed by atoms with Gasteiger partial charge < -0.3 is 9.80 Å². The van der Waals surface area contributed by atoms with Gasteiger partial charge in [-0.05, 0) is 37.3 Å². The Morgan fingerprint density at radius 1 is 1.22 bits per heavy atom. The summed E-state index contributed by atoms with van der Waals surface area (Å²) in [5.41, 5.74) is 2.15. The van der Waals surface area contributed by atoms with Crippen molar-refractivity contribution in [3.63, 3.8) is 0 Å². The Morgan fingerprint density at radius 3 is 2.26 bits per heavy atom. The number of likely N-dealkylation sites (tertiary alicyclic amines) is 1. The van der Waals surface area contributed by atoms with Crippen LogP contribution < -0.4 is 0 Å². The molecule has 0 radical (unpaired) electrons. The van der Waals surface area contributed by atoms with Gasteiger partial charge in [-0.15, -0.1) is 0 Å². The highest BCUT2D eigenvalue weighted by Crippen LogP contribution is 2.64. The maximum atomic E-state index is 11.5. The van der Waals surface area contributed by atoms with Gasteiger partial charge in [0.05, 0.1) is 0 Å². The third-order valence-corrected chi connectivity index (χ3v) is 6.29. The van der Waals surface area contributed by atoms with Crippen LogP contribution in [0.2, 0.25) is 0 Å². The highest BCUT2D eigenvalue weighted by Gasteiger charge is 2.62. The van der Waals surface area contributed by atoms with Crippen molar-refractivity contribution in [2.24, 2.45) is 5.41 Å². The predicted molar refractivity (Wildman–Crippen MR) is 94.4 cm³/mol. The molecule has 1 saturated heterocycles. The van der Waals surface area contributed by atoms with Gasteiger partial charge in [0.2, 0.25) is 5.91 Å². The fourth-order valence-corrected chi connectivity index (χ4v) is 4.50. The van der Waals surface area contributed by atoms with E-state index in [9.17, 15) is 4.79 Å². The Labute approximate surface area is 140 Å². The topological polar surface area (TPSA) is 23.6 Å². The van der Waals surface area contributed by atoms with E-state index in [2.05, 4.69) is 56.1 Å². The maximum absolute atomic E-state index is 11.5. The van der Waals surface area contributed by atoms with Crippen molar-refractivity contribution in [1.29, 1.82) is 0 Å². The van der Waals surface area contributed by atoms with E-state index in [4.69, 9.17) is 0 Å². The van der Waals surface area contributed by atoms with E-state index in [0.717, 1.165) is 32.5 Å². The Hall–Kier alpha value is -1.35. The van der Waals surface area contributed by atoms with Crippen molar-refractivity contribution in [1.82, 2.24) is 9.80 Å². The molecule has 1 atom stereocenters. The minimum Gasteiger partial charge on any atom is -0.343 e. The molecule has 1 aliphatic carbocycles. The maximum Gasteiger partial charge on any atom is 0.219 e. The molecule has 3 nitrogen and oxygen atoms in total. The number of rotatable bonds is 4. The second-order valence-corrected chi connectivity index (χ2v) is 8.16. The fourth-order valence-electron chi connectivity index (χ4n) is 4.50. The summed E-state index contributed by atoms with van der Waals surface area (Å²) in [6.45, 7) is 9.41. The van der Waals surface area contributed by atoms with Gasteiger partial charge in [-0.2, -0.15) is 0 Å². The number of carbonyl (C=O) groups excluding carboxylic acids is 1. The van der Waals surface area contributed by atoms with Crippen LogP contribution in [0.3, 0.4) is 0 Å². The number of hydrogen-bond acceptors (Lipinski definition) is 2.